The highest BCUT2D eigenvalue weighted by atomic mass is 32.1. The molecule has 0 radical (unpaired) electrons. The molecule has 2 aromatic heterocycles. The number of hydrogen-bond acceptors (Lipinski definition) is 4. The maximum absolute atomic E-state index is 5.99. The molecule has 6 heteroatoms. The predicted molar refractivity (Wildman–Crippen MR) is 130 cm³/mol. The molecule has 2 aromatic carbocycles. The third kappa shape index (κ3) is 4.04. The zero-order valence-corrected chi connectivity index (χ0v) is 18.6. The van der Waals surface area contributed by atoms with Gasteiger partial charge in [-0.3, -0.25) is 4.98 Å². The smallest absolute Gasteiger partial charge is 0.174 e. The zero-order chi connectivity index (χ0) is 21.2. The number of rotatable bonds is 5. The van der Waals surface area contributed by atoms with Crippen LogP contribution in [-0.2, 0) is 0 Å². The number of thiocarbonyl (C=S) groups is 1. The molecular formula is C25H21N3OS2. The molecule has 5 rings (SSSR count). The van der Waals surface area contributed by atoms with Gasteiger partial charge in [0.1, 0.15) is 11.5 Å². The minimum Gasteiger partial charge on any atom is -0.457 e. The number of anilines is 1. The average molecular weight is 444 g/mol. The van der Waals surface area contributed by atoms with Crippen LogP contribution in [0.2, 0.25) is 0 Å². The van der Waals surface area contributed by atoms with Crippen LogP contribution in [0.3, 0.4) is 0 Å². The lowest BCUT2D eigenvalue weighted by Gasteiger charge is -2.27. The molecule has 1 saturated heterocycles. The van der Waals surface area contributed by atoms with Crippen molar-refractivity contribution < 1.29 is 4.74 Å². The van der Waals surface area contributed by atoms with Crippen LogP contribution in [0.25, 0.3) is 0 Å². The Hall–Kier alpha value is -3.22. The lowest BCUT2D eigenvalue weighted by Crippen LogP contribution is -2.28. The molecular weight excluding hydrogens is 422 g/mol. The molecule has 1 fully saturated rings. The summed E-state index contributed by atoms with van der Waals surface area (Å²) in [5.41, 5.74) is 3.20. The molecule has 0 saturated carbocycles. The maximum atomic E-state index is 5.99. The number of hydrogen-bond donors (Lipinski definition) is 1. The lowest BCUT2D eigenvalue weighted by molar-refractivity contribution is 0.482. The van der Waals surface area contributed by atoms with Gasteiger partial charge in [-0.15, -0.1) is 11.3 Å². The highest BCUT2D eigenvalue weighted by Gasteiger charge is 2.41. The second-order valence-corrected chi connectivity index (χ2v) is 8.79. The Kier molecular flexibility index (Phi) is 5.40. The summed E-state index contributed by atoms with van der Waals surface area (Å²) in [7, 11) is 0. The lowest BCUT2D eigenvalue weighted by atomic mass is 10.0. The molecule has 4 aromatic rings. The largest absolute Gasteiger partial charge is 0.457 e. The number of benzene rings is 2. The number of aromatic nitrogens is 1. The van der Waals surface area contributed by atoms with E-state index in [-0.39, 0.29) is 12.1 Å². The van der Waals surface area contributed by atoms with Crippen molar-refractivity contribution in [2.75, 3.05) is 4.90 Å². The Morgan fingerprint density at radius 2 is 1.68 bits per heavy atom. The Bertz CT molecular complexity index is 1160. The van der Waals surface area contributed by atoms with Gasteiger partial charge in [0.05, 0.1) is 17.8 Å². The maximum Gasteiger partial charge on any atom is 0.174 e. The van der Waals surface area contributed by atoms with Crippen molar-refractivity contribution in [2.24, 2.45) is 0 Å². The van der Waals surface area contributed by atoms with E-state index in [1.807, 2.05) is 60.8 Å². The van der Waals surface area contributed by atoms with E-state index in [2.05, 4.69) is 51.8 Å². The first-order chi connectivity index (χ1) is 15.2. The molecule has 4 nitrogen and oxygen atoms in total. The van der Waals surface area contributed by atoms with Gasteiger partial charge in [0.15, 0.2) is 5.11 Å². The van der Waals surface area contributed by atoms with Crippen molar-refractivity contribution in [3.63, 3.8) is 0 Å². The van der Waals surface area contributed by atoms with E-state index in [1.165, 1.54) is 10.4 Å². The molecule has 0 amide bonds. The van der Waals surface area contributed by atoms with Crippen LogP contribution in [0, 0.1) is 6.92 Å². The number of thiophene rings is 1. The topological polar surface area (TPSA) is 37.4 Å². The summed E-state index contributed by atoms with van der Waals surface area (Å²) in [6, 6.07) is 26.4. The fourth-order valence-corrected chi connectivity index (χ4v) is 5.00. The van der Waals surface area contributed by atoms with Crippen molar-refractivity contribution in [2.45, 2.75) is 19.0 Å². The van der Waals surface area contributed by atoms with Crippen LogP contribution in [0.5, 0.6) is 11.5 Å². The first kappa shape index (κ1) is 19.7. The quantitative estimate of drug-likeness (QED) is 0.360. The van der Waals surface area contributed by atoms with Crippen LogP contribution in [0.4, 0.5) is 5.69 Å². The highest BCUT2D eigenvalue weighted by molar-refractivity contribution is 7.80. The van der Waals surface area contributed by atoms with Gasteiger partial charge in [-0.05, 0) is 79.1 Å². The Balaban J connectivity index is 1.45. The number of ether oxygens (including phenoxy) is 1. The summed E-state index contributed by atoms with van der Waals surface area (Å²) in [4.78, 5) is 8.00. The normalized spacial score (nSPS) is 18.1. The van der Waals surface area contributed by atoms with E-state index in [4.69, 9.17) is 17.0 Å². The van der Waals surface area contributed by atoms with E-state index in [9.17, 15) is 0 Å². The first-order valence-electron chi connectivity index (χ1n) is 10.1. The monoisotopic (exact) mass is 443 g/mol. The third-order valence-corrected chi connectivity index (χ3v) is 6.56. The summed E-state index contributed by atoms with van der Waals surface area (Å²) in [5.74, 6) is 1.61. The molecule has 2 atom stereocenters. The number of pyridine rings is 1. The Labute approximate surface area is 191 Å². The molecule has 0 aliphatic carbocycles. The van der Waals surface area contributed by atoms with Gasteiger partial charge in [-0.25, -0.2) is 0 Å². The Morgan fingerprint density at radius 3 is 2.32 bits per heavy atom. The van der Waals surface area contributed by atoms with Crippen LogP contribution < -0.4 is 15.0 Å². The average Bonchev–Trinajstić information content (AvgIpc) is 3.44. The molecule has 3 heterocycles. The molecule has 0 bridgehead atoms. The minimum absolute atomic E-state index is 0.0177. The van der Waals surface area contributed by atoms with Gasteiger partial charge < -0.3 is 15.0 Å². The van der Waals surface area contributed by atoms with E-state index < -0.39 is 0 Å². The third-order valence-electron chi connectivity index (χ3n) is 5.30. The second kappa shape index (κ2) is 8.49. The molecule has 1 aliphatic heterocycles. The fraction of sp³-hybridized carbons (Fsp3) is 0.120. The van der Waals surface area contributed by atoms with Crippen LogP contribution >= 0.6 is 23.6 Å². The van der Waals surface area contributed by atoms with E-state index in [1.54, 1.807) is 11.3 Å². The van der Waals surface area contributed by atoms with Gasteiger partial charge >= 0.3 is 0 Å². The van der Waals surface area contributed by atoms with Gasteiger partial charge in [0.2, 0.25) is 0 Å². The number of aryl methyl sites for hydroxylation is 1. The van der Waals surface area contributed by atoms with Crippen molar-refractivity contribution in [1.82, 2.24) is 10.3 Å². The van der Waals surface area contributed by atoms with Crippen molar-refractivity contribution in [3.05, 3.63) is 107 Å². The molecule has 31 heavy (non-hydrogen) atoms. The predicted octanol–water partition coefficient (Wildman–Crippen LogP) is 6.42. The van der Waals surface area contributed by atoms with Crippen LogP contribution in [0.1, 0.15) is 28.2 Å². The Morgan fingerprint density at radius 1 is 0.935 bits per heavy atom. The van der Waals surface area contributed by atoms with Crippen molar-refractivity contribution in [3.8, 4) is 11.5 Å². The molecule has 1 aliphatic rings. The van der Waals surface area contributed by atoms with Gasteiger partial charge in [0.25, 0.3) is 0 Å². The van der Waals surface area contributed by atoms with Crippen LogP contribution in [0.15, 0.2) is 90.4 Å². The summed E-state index contributed by atoms with van der Waals surface area (Å²) in [6.45, 7) is 2.06. The number of nitrogens with one attached hydrogen (secondary N) is 1. The van der Waals surface area contributed by atoms with Crippen molar-refractivity contribution in [1.29, 1.82) is 0 Å². The van der Waals surface area contributed by atoms with E-state index in [0.29, 0.717) is 5.11 Å². The van der Waals surface area contributed by atoms with Crippen molar-refractivity contribution >= 4 is 34.4 Å². The van der Waals surface area contributed by atoms with Gasteiger partial charge in [-0.2, -0.15) is 0 Å². The highest BCUT2D eigenvalue weighted by Crippen LogP contribution is 2.43. The SMILES string of the molecule is Cc1ccc(Oc2ccc(N3C(=S)N[C@H](c4ccccn4)[C@H]3c3cccs3)cc2)cc1. The zero-order valence-electron chi connectivity index (χ0n) is 16.9. The summed E-state index contributed by atoms with van der Waals surface area (Å²) in [5, 5.41) is 6.28. The summed E-state index contributed by atoms with van der Waals surface area (Å²) >= 11 is 7.49. The minimum atomic E-state index is -0.0177. The number of nitrogens with zero attached hydrogens (tertiary/aromatic N) is 2. The first-order valence-corrected chi connectivity index (χ1v) is 11.4. The fourth-order valence-electron chi connectivity index (χ4n) is 3.80. The molecule has 1 N–H and O–H groups in total. The molecule has 154 valence electrons. The summed E-state index contributed by atoms with van der Waals surface area (Å²) in [6.07, 6.45) is 1.82. The van der Waals surface area contributed by atoms with E-state index in [0.717, 1.165) is 22.9 Å². The molecule has 0 spiro atoms. The molecule has 0 unspecified atom stereocenters. The van der Waals surface area contributed by atoms with Gasteiger partial charge in [-0.1, -0.05) is 29.8 Å². The van der Waals surface area contributed by atoms with E-state index >= 15 is 0 Å². The second-order valence-electron chi connectivity index (χ2n) is 7.42. The standard InChI is InChI=1S/C25H21N3OS2/c1-17-7-11-19(12-8-17)29-20-13-9-18(10-14-20)28-24(22-6-4-16-31-22)23(27-25(28)30)21-5-2-3-15-26-21/h2-16,23-24H,1H3,(H,27,30)/t23-,24-/m1/s1. The van der Waals surface area contributed by atoms with Gasteiger partial charge in [0, 0.05) is 16.8 Å². The summed E-state index contributed by atoms with van der Waals surface area (Å²) < 4.78 is 5.99. The van der Waals surface area contributed by atoms with Crippen LogP contribution in [-0.4, -0.2) is 10.1 Å².